The van der Waals surface area contributed by atoms with Gasteiger partial charge in [0.25, 0.3) is 5.91 Å². The summed E-state index contributed by atoms with van der Waals surface area (Å²) in [6.07, 6.45) is 1.96. The third-order valence-electron chi connectivity index (χ3n) is 3.65. The van der Waals surface area contributed by atoms with Crippen molar-refractivity contribution in [3.05, 3.63) is 24.3 Å². The number of anilines is 1. The average molecular weight is 305 g/mol. The maximum atomic E-state index is 12.1. The number of hydrogen-bond donors (Lipinski definition) is 2. The van der Waals surface area contributed by atoms with Crippen molar-refractivity contribution in [3.63, 3.8) is 0 Å². The van der Waals surface area contributed by atoms with E-state index in [-0.39, 0.29) is 24.3 Å². The Kier molecular flexibility index (Phi) is 5.77. The summed E-state index contributed by atoms with van der Waals surface area (Å²) in [5.41, 5.74) is 0.738. The quantitative estimate of drug-likeness (QED) is 0.854. The van der Waals surface area contributed by atoms with Crippen LogP contribution in [0, 0.1) is 5.92 Å². The molecule has 6 heteroatoms. The molecule has 2 amide bonds. The number of ether oxygens (including phenoxy) is 1. The van der Waals surface area contributed by atoms with Crippen LogP contribution in [-0.2, 0) is 9.59 Å². The molecular formula is C16H23N3O3. The Morgan fingerprint density at radius 1 is 1.32 bits per heavy atom. The molecule has 2 rings (SSSR count). The average Bonchev–Trinajstić information content (AvgIpc) is 2.54. The first-order chi connectivity index (χ1) is 10.6. The Balaban J connectivity index is 1.83. The van der Waals surface area contributed by atoms with Gasteiger partial charge in [0.2, 0.25) is 5.91 Å². The van der Waals surface area contributed by atoms with Crippen LogP contribution in [0.4, 0.5) is 5.69 Å². The van der Waals surface area contributed by atoms with Gasteiger partial charge in [-0.1, -0.05) is 0 Å². The molecule has 1 fully saturated rings. The second kappa shape index (κ2) is 7.79. The van der Waals surface area contributed by atoms with Gasteiger partial charge in [-0.25, -0.2) is 0 Å². The van der Waals surface area contributed by atoms with E-state index in [2.05, 4.69) is 10.6 Å². The highest BCUT2D eigenvalue weighted by Crippen LogP contribution is 2.18. The van der Waals surface area contributed by atoms with Crippen LogP contribution in [0.5, 0.6) is 5.75 Å². The second-order valence-corrected chi connectivity index (χ2v) is 5.63. The molecule has 0 saturated carbocycles. The van der Waals surface area contributed by atoms with Crippen LogP contribution >= 0.6 is 0 Å². The zero-order valence-electron chi connectivity index (χ0n) is 13.1. The predicted octanol–water partition coefficient (Wildman–Crippen LogP) is 1.09. The van der Waals surface area contributed by atoms with Crippen molar-refractivity contribution in [2.24, 2.45) is 5.92 Å². The van der Waals surface area contributed by atoms with E-state index < -0.39 is 0 Å². The van der Waals surface area contributed by atoms with Gasteiger partial charge in [0.1, 0.15) is 5.75 Å². The van der Waals surface area contributed by atoms with Gasteiger partial charge in [-0.15, -0.1) is 0 Å². The van der Waals surface area contributed by atoms with Crippen LogP contribution in [0.2, 0.25) is 0 Å². The number of likely N-dealkylation sites (N-methyl/N-ethyl adjacent to an activating group) is 1. The first kappa shape index (κ1) is 16.3. The standard InChI is InChI=1S/C16H23N3O3/c1-19(2)15(20)11-22-14-7-5-13(6-8-14)18-16(21)12-4-3-9-17-10-12/h5-8,12,17H,3-4,9-11H2,1-2H3,(H,18,21). The fourth-order valence-electron chi connectivity index (χ4n) is 2.23. The molecule has 22 heavy (non-hydrogen) atoms. The molecule has 1 saturated heterocycles. The van der Waals surface area contributed by atoms with Crippen LogP contribution in [0.3, 0.4) is 0 Å². The summed E-state index contributed by atoms with van der Waals surface area (Å²) in [4.78, 5) is 25.0. The molecule has 0 bridgehead atoms. The van der Waals surface area contributed by atoms with Gasteiger partial charge in [-0.05, 0) is 43.7 Å². The van der Waals surface area contributed by atoms with E-state index in [0.717, 1.165) is 31.6 Å². The molecule has 1 atom stereocenters. The summed E-state index contributed by atoms with van der Waals surface area (Å²) in [5, 5.41) is 6.14. The van der Waals surface area contributed by atoms with E-state index in [1.54, 1.807) is 38.4 Å². The molecule has 1 aromatic carbocycles. The molecule has 0 spiro atoms. The first-order valence-corrected chi connectivity index (χ1v) is 7.51. The third kappa shape index (κ3) is 4.73. The molecular weight excluding hydrogens is 282 g/mol. The van der Waals surface area contributed by atoms with Gasteiger partial charge in [0, 0.05) is 26.3 Å². The molecule has 0 aliphatic carbocycles. The van der Waals surface area contributed by atoms with E-state index in [0.29, 0.717) is 5.75 Å². The lowest BCUT2D eigenvalue weighted by atomic mass is 9.99. The van der Waals surface area contributed by atoms with E-state index in [4.69, 9.17) is 4.74 Å². The lowest BCUT2D eigenvalue weighted by Crippen LogP contribution is -2.37. The highest BCUT2D eigenvalue weighted by molar-refractivity contribution is 5.92. The van der Waals surface area contributed by atoms with Crippen LogP contribution in [-0.4, -0.2) is 50.5 Å². The molecule has 1 aliphatic rings. The summed E-state index contributed by atoms with van der Waals surface area (Å²) < 4.78 is 5.39. The SMILES string of the molecule is CN(C)C(=O)COc1ccc(NC(=O)C2CCCNC2)cc1. The van der Waals surface area contributed by atoms with Gasteiger partial charge in [0.05, 0.1) is 5.92 Å². The van der Waals surface area contributed by atoms with Crippen molar-refractivity contribution >= 4 is 17.5 Å². The van der Waals surface area contributed by atoms with Crippen molar-refractivity contribution in [1.82, 2.24) is 10.2 Å². The van der Waals surface area contributed by atoms with Crippen molar-refractivity contribution in [2.75, 3.05) is 39.1 Å². The first-order valence-electron chi connectivity index (χ1n) is 7.51. The number of amides is 2. The summed E-state index contributed by atoms with van der Waals surface area (Å²) in [6, 6.07) is 7.06. The fraction of sp³-hybridized carbons (Fsp3) is 0.500. The number of piperidine rings is 1. The number of hydrogen-bond acceptors (Lipinski definition) is 4. The maximum absolute atomic E-state index is 12.1. The van der Waals surface area contributed by atoms with Crippen molar-refractivity contribution in [3.8, 4) is 5.75 Å². The number of benzene rings is 1. The van der Waals surface area contributed by atoms with E-state index >= 15 is 0 Å². The fourth-order valence-corrected chi connectivity index (χ4v) is 2.23. The lowest BCUT2D eigenvalue weighted by molar-refractivity contribution is -0.130. The minimum absolute atomic E-state index is 0.00640. The monoisotopic (exact) mass is 305 g/mol. The highest BCUT2D eigenvalue weighted by Gasteiger charge is 2.20. The van der Waals surface area contributed by atoms with Gasteiger partial charge in [0.15, 0.2) is 6.61 Å². The van der Waals surface area contributed by atoms with E-state index in [9.17, 15) is 9.59 Å². The molecule has 1 heterocycles. The Bertz CT molecular complexity index is 508. The largest absolute Gasteiger partial charge is 0.484 e. The normalized spacial score (nSPS) is 17.6. The summed E-state index contributed by atoms with van der Waals surface area (Å²) in [6.45, 7) is 1.73. The van der Waals surface area contributed by atoms with E-state index in [1.165, 1.54) is 4.90 Å². The topological polar surface area (TPSA) is 70.7 Å². The number of carbonyl (C=O) groups excluding carboxylic acids is 2. The molecule has 0 aromatic heterocycles. The van der Waals surface area contributed by atoms with Gasteiger partial charge < -0.3 is 20.3 Å². The molecule has 120 valence electrons. The Labute approximate surface area is 130 Å². The summed E-state index contributed by atoms with van der Waals surface area (Å²) in [5.74, 6) is 0.584. The van der Waals surface area contributed by atoms with Crippen LogP contribution in [0.1, 0.15) is 12.8 Å². The molecule has 2 N–H and O–H groups in total. The van der Waals surface area contributed by atoms with Gasteiger partial charge in [-0.2, -0.15) is 0 Å². The molecule has 1 unspecified atom stereocenters. The third-order valence-corrected chi connectivity index (χ3v) is 3.65. The zero-order valence-corrected chi connectivity index (χ0v) is 13.1. The van der Waals surface area contributed by atoms with Crippen LogP contribution in [0.25, 0.3) is 0 Å². The zero-order chi connectivity index (χ0) is 15.9. The van der Waals surface area contributed by atoms with E-state index in [1.807, 2.05) is 0 Å². The minimum atomic E-state index is -0.0952. The number of carbonyl (C=O) groups is 2. The summed E-state index contributed by atoms with van der Waals surface area (Å²) >= 11 is 0. The van der Waals surface area contributed by atoms with Crippen LogP contribution in [0.15, 0.2) is 24.3 Å². The minimum Gasteiger partial charge on any atom is -0.484 e. The van der Waals surface area contributed by atoms with Crippen molar-refractivity contribution in [1.29, 1.82) is 0 Å². The lowest BCUT2D eigenvalue weighted by Gasteiger charge is -2.21. The van der Waals surface area contributed by atoms with Crippen molar-refractivity contribution in [2.45, 2.75) is 12.8 Å². The highest BCUT2D eigenvalue weighted by atomic mass is 16.5. The van der Waals surface area contributed by atoms with Crippen LogP contribution < -0.4 is 15.4 Å². The Morgan fingerprint density at radius 3 is 2.64 bits per heavy atom. The molecule has 1 aliphatic heterocycles. The molecule has 0 radical (unpaired) electrons. The predicted molar refractivity (Wildman–Crippen MR) is 84.9 cm³/mol. The molecule has 6 nitrogen and oxygen atoms in total. The van der Waals surface area contributed by atoms with Gasteiger partial charge >= 0.3 is 0 Å². The number of nitrogens with zero attached hydrogens (tertiary/aromatic N) is 1. The smallest absolute Gasteiger partial charge is 0.259 e. The Morgan fingerprint density at radius 2 is 2.05 bits per heavy atom. The second-order valence-electron chi connectivity index (χ2n) is 5.63. The number of nitrogens with one attached hydrogen (secondary N) is 2. The maximum Gasteiger partial charge on any atom is 0.259 e. The van der Waals surface area contributed by atoms with Gasteiger partial charge in [-0.3, -0.25) is 9.59 Å². The molecule has 1 aromatic rings. The number of rotatable bonds is 5. The summed E-state index contributed by atoms with van der Waals surface area (Å²) in [7, 11) is 3.37. The Hall–Kier alpha value is -2.08. The van der Waals surface area contributed by atoms with Crippen molar-refractivity contribution < 1.29 is 14.3 Å².